The monoisotopic (exact) mass is 492 g/mol. The Hall–Kier alpha value is -1.67. The summed E-state index contributed by atoms with van der Waals surface area (Å²) in [6.07, 6.45) is 0. The summed E-state index contributed by atoms with van der Waals surface area (Å²) in [5.74, 6) is -1.22. The van der Waals surface area contributed by atoms with Crippen LogP contribution in [0, 0.1) is 0 Å². The molecule has 3 rings (SSSR count). The van der Waals surface area contributed by atoms with Gasteiger partial charge in [-0.25, -0.2) is 0 Å². The van der Waals surface area contributed by atoms with Crippen molar-refractivity contribution in [2.45, 2.75) is 4.75 Å². The van der Waals surface area contributed by atoms with Crippen molar-refractivity contribution in [3.63, 3.8) is 0 Å². The van der Waals surface area contributed by atoms with E-state index >= 15 is 0 Å². The molecule has 0 amide bonds. The Kier molecular flexibility index (Phi) is 5.98. The van der Waals surface area contributed by atoms with Crippen molar-refractivity contribution >= 4 is 56.5 Å². The van der Waals surface area contributed by atoms with E-state index in [1.54, 1.807) is 0 Å². The Morgan fingerprint density at radius 2 is 1.48 bits per heavy atom. The minimum Gasteiger partial charge on any atom is -0.508 e. The van der Waals surface area contributed by atoms with Gasteiger partial charge in [-0.05, 0) is 29.8 Å². The molecule has 1 unspecified atom stereocenters. The van der Waals surface area contributed by atoms with Crippen LogP contribution >= 0.6 is 46.4 Å². The number of phenolic OH excluding ortho intramolecular Hbond substituents is 2. The van der Waals surface area contributed by atoms with E-state index in [1.807, 2.05) is 0 Å². The fourth-order valence-corrected chi connectivity index (χ4v) is 5.56. The van der Waals surface area contributed by atoms with Crippen molar-refractivity contribution in [3.8, 4) is 11.5 Å². The second kappa shape index (κ2) is 7.87. The fraction of sp³-hybridized carbons (Fsp3) is 0.0526. The van der Waals surface area contributed by atoms with Crippen molar-refractivity contribution in [2.24, 2.45) is 0 Å². The van der Waals surface area contributed by atoms with Gasteiger partial charge in [0, 0.05) is 16.1 Å². The standard InChI is InChI=1S/C19H12Cl4O5S/c20-11-5-3-4-10(8-11)19(29(26,27)28,12-6-1-2-7-15(12)24)16-17(23)13(21)9-14(22)18(16)25/h1-9,24-25H,(H,26,27,28). The lowest BCUT2D eigenvalue weighted by Crippen LogP contribution is -2.38. The van der Waals surface area contributed by atoms with Crippen LogP contribution < -0.4 is 0 Å². The van der Waals surface area contributed by atoms with Crippen LogP contribution in [0.4, 0.5) is 0 Å². The maximum atomic E-state index is 13.0. The van der Waals surface area contributed by atoms with Gasteiger partial charge in [0.25, 0.3) is 10.1 Å². The summed E-state index contributed by atoms with van der Waals surface area (Å²) in [5.41, 5.74) is -0.923. The van der Waals surface area contributed by atoms with Crippen molar-refractivity contribution in [1.29, 1.82) is 0 Å². The summed E-state index contributed by atoms with van der Waals surface area (Å²) >= 11 is 24.5. The van der Waals surface area contributed by atoms with E-state index in [4.69, 9.17) is 46.4 Å². The van der Waals surface area contributed by atoms with Gasteiger partial charge in [0.1, 0.15) is 11.5 Å². The quantitative estimate of drug-likeness (QED) is 0.239. The van der Waals surface area contributed by atoms with Crippen LogP contribution in [-0.2, 0) is 14.9 Å². The molecular formula is C19H12Cl4O5S. The number of phenols is 2. The Morgan fingerprint density at radius 3 is 2.07 bits per heavy atom. The molecule has 0 heterocycles. The Morgan fingerprint density at radius 1 is 0.828 bits per heavy atom. The van der Waals surface area contributed by atoms with Gasteiger partial charge in [-0.1, -0.05) is 76.7 Å². The molecule has 3 aromatic rings. The van der Waals surface area contributed by atoms with E-state index in [-0.39, 0.29) is 31.2 Å². The molecule has 0 aliphatic rings. The zero-order chi connectivity index (χ0) is 21.6. The Balaban J connectivity index is 2.69. The van der Waals surface area contributed by atoms with Gasteiger partial charge in [0.05, 0.1) is 15.1 Å². The van der Waals surface area contributed by atoms with Gasteiger partial charge < -0.3 is 10.2 Å². The molecular weight excluding hydrogens is 482 g/mol. The predicted molar refractivity (Wildman–Crippen MR) is 114 cm³/mol. The van der Waals surface area contributed by atoms with Gasteiger partial charge in [-0.2, -0.15) is 8.42 Å². The second-order valence-corrected chi connectivity index (χ2v) is 9.25. The third-order valence-corrected chi connectivity index (χ3v) is 7.14. The van der Waals surface area contributed by atoms with Crippen LogP contribution in [0.5, 0.6) is 11.5 Å². The summed E-state index contributed by atoms with van der Waals surface area (Å²) in [6, 6.07) is 12.0. The molecule has 3 aromatic carbocycles. The van der Waals surface area contributed by atoms with Crippen molar-refractivity contribution in [2.75, 3.05) is 0 Å². The lowest BCUT2D eigenvalue weighted by atomic mass is 9.83. The fourth-order valence-electron chi connectivity index (χ4n) is 3.24. The molecule has 0 aliphatic carbocycles. The summed E-state index contributed by atoms with van der Waals surface area (Å²) in [4.78, 5) is 0. The first kappa shape index (κ1) is 22.0. The van der Waals surface area contributed by atoms with Crippen LogP contribution in [0.1, 0.15) is 16.7 Å². The first-order valence-electron chi connectivity index (χ1n) is 7.90. The lowest BCUT2D eigenvalue weighted by Gasteiger charge is -2.34. The van der Waals surface area contributed by atoms with Crippen LogP contribution in [0.15, 0.2) is 54.6 Å². The molecule has 0 aromatic heterocycles. The molecule has 3 N–H and O–H groups in total. The van der Waals surface area contributed by atoms with Crippen LogP contribution in [0.2, 0.25) is 20.1 Å². The SMILES string of the molecule is O=S(=O)(O)C(c1cccc(Cl)c1)(c1ccccc1O)c1c(O)c(Cl)cc(Cl)c1Cl. The summed E-state index contributed by atoms with van der Waals surface area (Å²) in [7, 11) is -5.18. The van der Waals surface area contributed by atoms with E-state index in [0.717, 1.165) is 6.07 Å². The zero-order valence-electron chi connectivity index (χ0n) is 14.3. The maximum Gasteiger partial charge on any atom is 0.283 e. The molecule has 10 heteroatoms. The average Bonchev–Trinajstić information content (AvgIpc) is 2.63. The molecule has 1 atom stereocenters. The van der Waals surface area contributed by atoms with E-state index in [9.17, 15) is 23.2 Å². The van der Waals surface area contributed by atoms with E-state index < -0.39 is 31.9 Å². The molecule has 5 nitrogen and oxygen atoms in total. The van der Waals surface area contributed by atoms with Crippen LogP contribution in [0.25, 0.3) is 0 Å². The average molecular weight is 494 g/mol. The highest BCUT2D eigenvalue weighted by Gasteiger charge is 2.53. The van der Waals surface area contributed by atoms with Crippen molar-refractivity contribution in [3.05, 3.63) is 91.4 Å². The number of hydrogen-bond donors (Lipinski definition) is 3. The maximum absolute atomic E-state index is 13.0. The number of aromatic hydroxyl groups is 2. The normalized spacial score (nSPS) is 13.8. The van der Waals surface area contributed by atoms with Gasteiger partial charge in [-0.15, -0.1) is 0 Å². The van der Waals surface area contributed by atoms with E-state index in [2.05, 4.69) is 0 Å². The highest BCUT2D eigenvalue weighted by Crippen LogP contribution is 2.54. The molecule has 0 bridgehead atoms. The largest absolute Gasteiger partial charge is 0.508 e. The molecule has 0 saturated carbocycles. The topological polar surface area (TPSA) is 94.8 Å². The minimum atomic E-state index is -5.18. The molecule has 152 valence electrons. The van der Waals surface area contributed by atoms with Crippen molar-refractivity contribution in [1.82, 2.24) is 0 Å². The van der Waals surface area contributed by atoms with Gasteiger partial charge in [0.2, 0.25) is 0 Å². The highest BCUT2D eigenvalue weighted by molar-refractivity contribution is 7.87. The minimum absolute atomic E-state index is 0.107. The third kappa shape index (κ3) is 3.54. The van der Waals surface area contributed by atoms with Crippen LogP contribution in [0.3, 0.4) is 0 Å². The summed E-state index contributed by atoms with van der Waals surface area (Å²) in [5, 5.41) is 20.5. The number of rotatable bonds is 4. The lowest BCUT2D eigenvalue weighted by molar-refractivity contribution is 0.428. The smallest absolute Gasteiger partial charge is 0.283 e. The predicted octanol–water partition coefficient (Wildman–Crippen LogP) is 5.89. The first-order chi connectivity index (χ1) is 13.5. The molecule has 0 aliphatic heterocycles. The molecule has 0 radical (unpaired) electrons. The zero-order valence-corrected chi connectivity index (χ0v) is 18.1. The van der Waals surface area contributed by atoms with Crippen LogP contribution in [-0.4, -0.2) is 23.2 Å². The van der Waals surface area contributed by atoms with Gasteiger partial charge in [-0.3, -0.25) is 4.55 Å². The number of para-hydroxylation sites is 1. The molecule has 0 saturated heterocycles. The second-order valence-electron chi connectivity index (χ2n) is 6.06. The van der Waals surface area contributed by atoms with Gasteiger partial charge >= 0.3 is 0 Å². The van der Waals surface area contributed by atoms with Gasteiger partial charge in [0.15, 0.2) is 4.75 Å². The third-order valence-electron chi connectivity index (χ3n) is 4.40. The Labute approximate surface area is 186 Å². The molecule has 0 spiro atoms. The molecule has 29 heavy (non-hydrogen) atoms. The number of hydrogen-bond acceptors (Lipinski definition) is 4. The number of halogens is 4. The Bertz CT molecular complexity index is 1190. The summed E-state index contributed by atoms with van der Waals surface area (Å²) in [6.45, 7) is 0. The van der Waals surface area contributed by atoms with E-state index in [0.29, 0.717) is 0 Å². The summed E-state index contributed by atoms with van der Waals surface area (Å²) < 4.78 is 33.9. The number of benzene rings is 3. The van der Waals surface area contributed by atoms with Crippen molar-refractivity contribution < 1.29 is 23.2 Å². The molecule has 0 fully saturated rings. The first-order valence-corrected chi connectivity index (χ1v) is 10.9. The van der Waals surface area contributed by atoms with E-state index in [1.165, 1.54) is 48.5 Å². The highest BCUT2D eigenvalue weighted by atomic mass is 35.5.